The third-order valence-corrected chi connectivity index (χ3v) is 3.15. The number of rotatable bonds is 5. The molecule has 0 spiro atoms. The Morgan fingerprint density at radius 1 is 1.11 bits per heavy atom. The van der Waals surface area contributed by atoms with Gasteiger partial charge < -0.3 is 0 Å². The predicted molar refractivity (Wildman–Crippen MR) is 78.6 cm³/mol. The van der Waals surface area contributed by atoms with Crippen LogP contribution < -0.4 is 5.32 Å². The van der Waals surface area contributed by atoms with Crippen LogP contribution in [0.25, 0.3) is 0 Å². The number of hydrogen-bond acceptors (Lipinski definition) is 2. The van der Waals surface area contributed by atoms with Crippen molar-refractivity contribution < 1.29 is 0 Å². The van der Waals surface area contributed by atoms with Crippen LogP contribution in [-0.2, 0) is 0 Å². The number of terminal acetylenes is 1. The van der Waals surface area contributed by atoms with Gasteiger partial charge in [-0.1, -0.05) is 43.2 Å². The Morgan fingerprint density at radius 2 is 1.74 bits per heavy atom. The van der Waals surface area contributed by atoms with Crippen LogP contribution in [0, 0.1) is 12.3 Å². The van der Waals surface area contributed by atoms with E-state index in [4.69, 9.17) is 6.42 Å². The highest BCUT2D eigenvalue weighted by Gasteiger charge is 2.16. The van der Waals surface area contributed by atoms with Gasteiger partial charge in [0.05, 0.1) is 12.1 Å². The molecular weight excluding hydrogens is 232 g/mol. The molecule has 0 amide bonds. The van der Waals surface area contributed by atoms with Crippen molar-refractivity contribution in [1.29, 1.82) is 0 Å². The van der Waals surface area contributed by atoms with E-state index < -0.39 is 0 Å². The van der Waals surface area contributed by atoms with Crippen LogP contribution in [0.5, 0.6) is 0 Å². The predicted octanol–water partition coefficient (Wildman–Crippen LogP) is 3.17. The summed E-state index contributed by atoms with van der Waals surface area (Å²) < 4.78 is 0. The van der Waals surface area contributed by atoms with E-state index in [0.29, 0.717) is 0 Å². The van der Waals surface area contributed by atoms with Gasteiger partial charge in [-0.15, -0.1) is 6.42 Å². The van der Waals surface area contributed by atoms with Gasteiger partial charge in [-0.3, -0.25) is 10.3 Å². The molecule has 2 atom stereocenters. The monoisotopic (exact) mass is 250 g/mol. The van der Waals surface area contributed by atoms with Crippen LogP contribution in [0.2, 0.25) is 0 Å². The van der Waals surface area contributed by atoms with E-state index in [-0.39, 0.29) is 12.1 Å². The lowest BCUT2D eigenvalue weighted by Gasteiger charge is -2.23. The molecule has 0 bridgehead atoms. The maximum absolute atomic E-state index is 5.56. The van der Waals surface area contributed by atoms with E-state index in [0.717, 1.165) is 6.42 Å². The summed E-state index contributed by atoms with van der Waals surface area (Å²) in [4.78, 5) is 4.07. The van der Waals surface area contributed by atoms with Crippen molar-refractivity contribution in [2.24, 2.45) is 0 Å². The highest BCUT2D eigenvalue weighted by molar-refractivity contribution is 5.31. The SMILES string of the molecule is C#CC(CC)NC(c1ccccc1)c1ccncc1. The third kappa shape index (κ3) is 3.43. The molecule has 2 aromatic rings. The topological polar surface area (TPSA) is 24.9 Å². The second kappa shape index (κ2) is 6.72. The number of pyridine rings is 1. The van der Waals surface area contributed by atoms with Gasteiger partial charge in [-0.2, -0.15) is 0 Å². The second-order valence-electron chi connectivity index (χ2n) is 4.42. The minimum atomic E-state index is 0.0679. The molecule has 1 N–H and O–H groups in total. The highest BCUT2D eigenvalue weighted by atomic mass is 14.9. The Balaban J connectivity index is 2.32. The average molecular weight is 250 g/mol. The van der Waals surface area contributed by atoms with Crippen molar-refractivity contribution >= 4 is 0 Å². The molecule has 19 heavy (non-hydrogen) atoms. The summed E-state index contributed by atoms with van der Waals surface area (Å²) in [5.74, 6) is 2.79. The molecule has 2 heteroatoms. The third-order valence-electron chi connectivity index (χ3n) is 3.15. The lowest BCUT2D eigenvalue weighted by Crippen LogP contribution is -2.31. The normalized spacial score (nSPS) is 13.5. The number of hydrogen-bond donors (Lipinski definition) is 1. The molecule has 0 aliphatic rings. The molecule has 0 saturated carbocycles. The van der Waals surface area contributed by atoms with E-state index in [1.807, 2.05) is 42.7 Å². The van der Waals surface area contributed by atoms with Crippen molar-refractivity contribution in [3.63, 3.8) is 0 Å². The van der Waals surface area contributed by atoms with Crippen LogP contribution in [0.1, 0.15) is 30.5 Å². The second-order valence-corrected chi connectivity index (χ2v) is 4.42. The van der Waals surface area contributed by atoms with Crippen molar-refractivity contribution in [2.45, 2.75) is 25.4 Å². The first-order valence-corrected chi connectivity index (χ1v) is 6.52. The highest BCUT2D eigenvalue weighted by Crippen LogP contribution is 2.22. The van der Waals surface area contributed by atoms with Gasteiger partial charge in [0.25, 0.3) is 0 Å². The fourth-order valence-corrected chi connectivity index (χ4v) is 2.07. The summed E-state index contributed by atoms with van der Waals surface area (Å²) in [5.41, 5.74) is 2.39. The summed E-state index contributed by atoms with van der Waals surface area (Å²) in [6.07, 6.45) is 10.1. The van der Waals surface area contributed by atoms with Crippen molar-refractivity contribution in [3.05, 3.63) is 66.0 Å². The van der Waals surface area contributed by atoms with Gasteiger partial charge in [0.15, 0.2) is 0 Å². The van der Waals surface area contributed by atoms with Gasteiger partial charge in [-0.05, 0) is 29.7 Å². The molecule has 2 unspecified atom stereocenters. The van der Waals surface area contributed by atoms with Crippen LogP contribution >= 0.6 is 0 Å². The zero-order valence-corrected chi connectivity index (χ0v) is 11.1. The van der Waals surface area contributed by atoms with Gasteiger partial charge in [-0.25, -0.2) is 0 Å². The molecule has 0 fully saturated rings. The zero-order chi connectivity index (χ0) is 13.5. The van der Waals surface area contributed by atoms with E-state index in [2.05, 4.69) is 35.3 Å². The van der Waals surface area contributed by atoms with Gasteiger partial charge in [0.1, 0.15) is 0 Å². The minimum Gasteiger partial charge on any atom is -0.293 e. The number of benzene rings is 1. The molecule has 2 rings (SSSR count). The molecule has 2 nitrogen and oxygen atoms in total. The molecule has 1 heterocycles. The van der Waals surface area contributed by atoms with Crippen molar-refractivity contribution in [2.75, 3.05) is 0 Å². The molecule has 0 aliphatic heterocycles. The first kappa shape index (κ1) is 13.3. The first-order valence-electron chi connectivity index (χ1n) is 6.52. The number of nitrogens with one attached hydrogen (secondary N) is 1. The van der Waals surface area contributed by atoms with E-state index >= 15 is 0 Å². The molecule has 0 aliphatic carbocycles. The summed E-state index contributed by atoms with van der Waals surface area (Å²) in [7, 11) is 0. The Kier molecular flexibility index (Phi) is 4.72. The Bertz CT molecular complexity index is 489. The fourth-order valence-electron chi connectivity index (χ4n) is 2.07. The summed E-state index contributed by atoms with van der Waals surface area (Å²) in [5, 5.41) is 3.52. The molecule has 1 aromatic carbocycles. The molecule has 0 saturated heterocycles. The molecule has 0 radical (unpaired) electrons. The maximum Gasteiger partial charge on any atom is 0.0691 e. The van der Waals surface area contributed by atoms with Crippen LogP contribution in [-0.4, -0.2) is 11.0 Å². The molecular formula is C17H18N2. The number of aromatic nitrogens is 1. The first-order chi connectivity index (χ1) is 9.35. The quantitative estimate of drug-likeness (QED) is 0.824. The van der Waals surface area contributed by atoms with Crippen LogP contribution in [0.15, 0.2) is 54.9 Å². The van der Waals surface area contributed by atoms with Gasteiger partial charge in [0.2, 0.25) is 0 Å². The standard InChI is InChI=1S/C17H18N2/c1-3-16(4-2)19-17(14-8-6-5-7-9-14)15-10-12-18-13-11-15/h1,5-13,16-17,19H,4H2,2H3. The smallest absolute Gasteiger partial charge is 0.0691 e. The maximum atomic E-state index is 5.56. The van der Waals surface area contributed by atoms with Gasteiger partial charge >= 0.3 is 0 Å². The average Bonchev–Trinajstić information content (AvgIpc) is 2.50. The van der Waals surface area contributed by atoms with Crippen LogP contribution in [0.3, 0.4) is 0 Å². The van der Waals surface area contributed by atoms with Crippen LogP contribution in [0.4, 0.5) is 0 Å². The van der Waals surface area contributed by atoms with E-state index in [1.54, 1.807) is 0 Å². The van der Waals surface area contributed by atoms with Crippen molar-refractivity contribution in [3.8, 4) is 12.3 Å². The Hall–Kier alpha value is -2.11. The summed E-state index contributed by atoms with van der Waals surface area (Å²) >= 11 is 0. The van der Waals surface area contributed by atoms with Gasteiger partial charge in [0, 0.05) is 12.4 Å². The van der Waals surface area contributed by atoms with E-state index in [1.165, 1.54) is 11.1 Å². The van der Waals surface area contributed by atoms with Crippen molar-refractivity contribution in [1.82, 2.24) is 10.3 Å². The number of nitrogens with zero attached hydrogens (tertiary/aromatic N) is 1. The van der Waals surface area contributed by atoms with E-state index in [9.17, 15) is 0 Å². The Labute approximate surface area is 114 Å². The Morgan fingerprint density at radius 3 is 2.32 bits per heavy atom. The molecule has 1 aromatic heterocycles. The summed E-state index contributed by atoms with van der Waals surface area (Å²) in [6, 6.07) is 14.5. The summed E-state index contributed by atoms with van der Waals surface area (Å²) in [6.45, 7) is 2.09. The largest absolute Gasteiger partial charge is 0.293 e. The fraction of sp³-hybridized carbons (Fsp3) is 0.235. The minimum absolute atomic E-state index is 0.0679. The lowest BCUT2D eigenvalue weighted by atomic mass is 9.98. The molecule has 96 valence electrons. The lowest BCUT2D eigenvalue weighted by molar-refractivity contribution is 0.534. The zero-order valence-electron chi connectivity index (χ0n) is 11.1.